The van der Waals surface area contributed by atoms with Gasteiger partial charge in [0, 0.05) is 38.0 Å². The zero-order chi connectivity index (χ0) is 14.0. The van der Waals surface area contributed by atoms with Gasteiger partial charge in [0.2, 0.25) is 0 Å². The lowest BCUT2D eigenvalue weighted by Crippen LogP contribution is -2.03. The second kappa shape index (κ2) is 4.89. The molecule has 2 rings (SSSR count). The zero-order valence-electron chi connectivity index (χ0n) is 10.1. The number of carboxylic acid groups (broad SMARTS) is 1. The standard InChI is InChI=1S/C12H11N3O4/c1-14-3-2-13-11(14)6-8-4-9(12(16)17)7-10(5-8)15(18)19/h2-5,7H,6H2,1H3,(H,16,17). The molecule has 0 spiro atoms. The molecule has 0 aliphatic rings. The van der Waals surface area contributed by atoms with Crippen LogP contribution >= 0.6 is 0 Å². The molecule has 19 heavy (non-hydrogen) atoms. The number of hydrogen-bond acceptors (Lipinski definition) is 4. The Morgan fingerprint density at radius 2 is 2.21 bits per heavy atom. The molecule has 1 aromatic heterocycles. The first kappa shape index (κ1) is 12.7. The number of carboxylic acids is 1. The van der Waals surface area contributed by atoms with Crippen LogP contribution < -0.4 is 0 Å². The van der Waals surface area contributed by atoms with Gasteiger partial charge in [-0.2, -0.15) is 0 Å². The number of imidazole rings is 1. The number of rotatable bonds is 4. The molecule has 1 aromatic carbocycles. The number of nitro groups is 1. The van der Waals surface area contributed by atoms with E-state index in [1.165, 1.54) is 12.1 Å². The van der Waals surface area contributed by atoms with Crippen LogP contribution in [0.2, 0.25) is 0 Å². The molecule has 0 aliphatic heterocycles. The van der Waals surface area contributed by atoms with Crippen LogP contribution in [0.3, 0.4) is 0 Å². The fourth-order valence-corrected chi connectivity index (χ4v) is 1.75. The average Bonchev–Trinajstić information content (AvgIpc) is 2.74. The van der Waals surface area contributed by atoms with Crippen molar-refractivity contribution in [2.24, 2.45) is 7.05 Å². The van der Waals surface area contributed by atoms with Gasteiger partial charge in [0.25, 0.3) is 5.69 Å². The van der Waals surface area contributed by atoms with Crippen LogP contribution in [0.25, 0.3) is 0 Å². The van der Waals surface area contributed by atoms with Crippen molar-refractivity contribution in [1.82, 2.24) is 9.55 Å². The Morgan fingerprint density at radius 1 is 1.47 bits per heavy atom. The summed E-state index contributed by atoms with van der Waals surface area (Å²) in [5.41, 5.74) is 0.211. The van der Waals surface area contributed by atoms with Crippen molar-refractivity contribution in [3.05, 3.63) is 57.7 Å². The number of carbonyl (C=O) groups is 1. The molecule has 0 aliphatic carbocycles. The Bertz CT molecular complexity index is 616. The Balaban J connectivity index is 2.42. The zero-order valence-corrected chi connectivity index (χ0v) is 10.1. The van der Waals surface area contributed by atoms with E-state index in [9.17, 15) is 14.9 Å². The van der Waals surface area contributed by atoms with Crippen LogP contribution in [0, 0.1) is 10.1 Å². The SMILES string of the molecule is Cn1ccnc1Cc1cc(C(=O)O)cc([N+](=O)[O-])c1. The maximum absolute atomic E-state index is 11.0. The van der Waals surface area contributed by atoms with Crippen molar-refractivity contribution in [2.45, 2.75) is 6.42 Å². The summed E-state index contributed by atoms with van der Waals surface area (Å²) in [4.78, 5) is 25.2. The quantitative estimate of drug-likeness (QED) is 0.666. The molecule has 0 atom stereocenters. The highest BCUT2D eigenvalue weighted by Gasteiger charge is 2.14. The second-order valence-electron chi connectivity index (χ2n) is 4.08. The predicted molar refractivity (Wildman–Crippen MR) is 66.1 cm³/mol. The van der Waals surface area contributed by atoms with Crippen molar-refractivity contribution in [3.63, 3.8) is 0 Å². The fourth-order valence-electron chi connectivity index (χ4n) is 1.75. The molecule has 1 N–H and O–H groups in total. The highest BCUT2D eigenvalue weighted by Crippen LogP contribution is 2.19. The van der Waals surface area contributed by atoms with E-state index in [0.29, 0.717) is 17.8 Å². The van der Waals surface area contributed by atoms with E-state index in [0.717, 1.165) is 6.07 Å². The van der Waals surface area contributed by atoms with Crippen LogP contribution in [0.5, 0.6) is 0 Å². The first-order valence-electron chi connectivity index (χ1n) is 5.45. The lowest BCUT2D eigenvalue weighted by molar-refractivity contribution is -0.384. The second-order valence-corrected chi connectivity index (χ2v) is 4.08. The number of nitro benzene ring substituents is 1. The first-order chi connectivity index (χ1) is 8.97. The van der Waals surface area contributed by atoms with E-state index in [4.69, 9.17) is 5.11 Å². The maximum atomic E-state index is 11.0. The smallest absolute Gasteiger partial charge is 0.335 e. The molecule has 0 radical (unpaired) electrons. The Morgan fingerprint density at radius 3 is 2.74 bits per heavy atom. The minimum Gasteiger partial charge on any atom is -0.478 e. The van der Waals surface area contributed by atoms with Gasteiger partial charge in [0.05, 0.1) is 10.5 Å². The van der Waals surface area contributed by atoms with E-state index in [2.05, 4.69) is 4.98 Å². The molecule has 7 nitrogen and oxygen atoms in total. The third-order valence-corrected chi connectivity index (χ3v) is 2.72. The van der Waals surface area contributed by atoms with E-state index < -0.39 is 10.9 Å². The van der Waals surface area contributed by atoms with Gasteiger partial charge in [-0.25, -0.2) is 9.78 Å². The van der Waals surface area contributed by atoms with Crippen LogP contribution in [0.15, 0.2) is 30.6 Å². The largest absolute Gasteiger partial charge is 0.478 e. The van der Waals surface area contributed by atoms with E-state index in [1.807, 2.05) is 0 Å². The first-order valence-corrected chi connectivity index (χ1v) is 5.45. The van der Waals surface area contributed by atoms with Crippen molar-refractivity contribution in [3.8, 4) is 0 Å². The number of non-ortho nitro benzene ring substituents is 1. The minimum atomic E-state index is -1.19. The minimum absolute atomic E-state index is 0.0987. The van der Waals surface area contributed by atoms with Gasteiger partial charge in [-0.15, -0.1) is 0 Å². The molecule has 0 saturated carbocycles. The average molecular weight is 261 g/mol. The van der Waals surface area contributed by atoms with Gasteiger partial charge in [-0.3, -0.25) is 10.1 Å². The molecular formula is C12H11N3O4. The third kappa shape index (κ3) is 2.76. The summed E-state index contributed by atoms with van der Waals surface area (Å²) in [6.07, 6.45) is 3.71. The van der Waals surface area contributed by atoms with E-state index in [-0.39, 0.29) is 11.3 Å². The van der Waals surface area contributed by atoms with Gasteiger partial charge in [0.15, 0.2) is 0 Å². The molecular weight excluding hydrogens is 250 g/mol. The summed E-state index contributed by atoms with van der Waals surface area (Å²) in [5, 5.41) is 19.7. The monoisotopic (exact) mass is 261 g/mol. The van der Waals surface area contributed by atoms with Crippen LogP contribution in [0.1, 0.15) is 21.7 Å². The topological polar surface area (TPSA) is 98.3 Å². The summed E-state index contributed by atoms with van der Waals surface area (Å²) in [6.45, 7) is 0. The van der Waals surface area contributed by atoms with Crippen LogP contribution in [0.4, 0.5) is 5.69 Å². The van der Waals surface area contributed by atoms with E-state index >= 15 is 0 Å². The van der Waals surface area contributed by atoms with Crippen LogP contribution in [-0.4, -0.2) is 25.6 Å². The lowest BCUT2D eigenvalue weighted by Gasteiger charge is -2.04. The van der Waals surface area contributed by atoms with Crippen molar-refractivity contribution in [2.75, 3.05) is 0 Å². The molecule has 0 unspecified atom stereocenters. The summed E-state index contributed by atoms with van der Waals surface area (Å²) in [5.74, 6) is -0.485. The van der Waals surface area contributed by atoms with E-state index in [1.54, 1.807) is 24.0 Å². The summed E-state index contributed by atoms with van der Waals surface area (Å²) < 4.78 is 1.78. The molecule has 7 heteroatoms. The van der Waals surface area contributed by atoms with Crippen LogP contribution in [-0.2, 0) is 13.5 Å². The normalized spacial score (nSPS) is 10.4. The summed E-state index contributed by atoms with van der Waals surface area (Å²) in [6, 6.07) is 3.83. The molecule has 0 fully saturated rings. The third-order valence-electron chi connectivity index (χ3n) is 2.72. The highest BCUT2D eigenvalue weighted by atomic mass is 16.6. The Hall–Kier alpha value is -2.70. The highest BCUT2D eigenvalue weighted by molar-refractivity contribution is 5.88. The molecule has 1 heterocycles. The molecule has 0 bridgehead atoms. The van der Waals surface area contributed by atoms with Crippen molar-refractivity contribution in [1.29, 1.82) is 0 Å². The van der Waals surface area contributed by atoms with Crippen molar-refractivity contribution < 1.29 is 14.8 Å². The molecule has 98 valence electrons. The maximum Gasteiger partial charge on any atom is 0.335 e. The number of aryl methyl sites for hydroxylation is 1. The van der Waals surface area contributed by atoms with Gasteiger partial charge >= 0.3 is 5.97 Å². The van der Waals surface area contributed by atoms with Gasteiger partial charge in [-0.05, 0) is 11.6 Å². The van der Waals surface area contributed by atoms with Gasteiger partial charge < -0.3 is 9.67 Å². The fraction of sp³-hybridized carbons (Fsp3) is 0.167. The molecule has 0 amide bonds. The number of hydrogen-bond donors (Lipinski definition) is 1. The van der Waals surface area contributed by atoms with Gasteiger partial charge in [0.1, 0.15) is 5.82 Å². The van der Waals surface area contributed by atoms with Crippen molar-refractivity contribution >= 4 is 11.7 Å². The summed E-state index contributed by atoms with van der Waals surface area (Å²) in [7, 11) is 1.80. The lowest BCUT2D eigenvalue weighted by atomic mass is 10.1. The summed E-state index contributed by atoms with van der Waals surface area (Å²) >= 11 is 0. The number of benzene rings is 1. The molecule has 0 saturated heterocycles. The number of aromatic carboxylic acids is 1. The Labute approximate surface area is 108 Å². The number of nitrogens with zero attached hydrogens (tertiary/aromatic N) is 3. The predicted octanol–water partition coefficient (Wildman–Crippen LogP) is 1.62. The molecule has 2 aromatic rings. The Kier molecular flexibility index (Phi) is 3.28. The van der Waals surface area contributed by atoms with Gasteiger partial charge in [-0.1, -0.05) is 0 Å². The number of aromatic nitrogens is 2.